The first-order valence-corrected chi connectivity index (χ1v) is 11.9. The monoisotopic (exact) mass is 498 g/mol. The second kappa shape index (κ2) is 8.07. The van der Waals surface area contributed by atoms with Gasteiger partial charge in [0.15, 0.2) is 5.65 Å². The molecular formula is C26H25F3N4O3. The van der Waals surface area contributed by atoms with Crippen LogP contribution in [0.25, 0.3) is 27.6 Å². The van der Waals surface area contributed by atoms with Crippen LogP contribution in [0, 0.1) is 5.41 Å². The largest absolute Gasteiger partial charge is 0.416 e. The number of aromatic nitrogens is 3. The van der Waals surface area contributed by atoms with E-state index in [0.717, 1.165) is 28.4 Å². The second-order valence-corrected chi connectivity index (χ2v) is 9.78. The Labute approximate surface area is 204 Å². The quantitative estimate of drug-likeness (QED) is 0.444. The molecule has 10 heteroatoms. The van der Waals surface area contributed by atoms with Gasteiger partial charge in [-0.2, -0.15) is 18.3 Å². The maximum atomic E-state index is 13.2. The van der Waals surface area contributed by atoms with Crippen LogP contribution in [0.3, 0.4) is 0 Å². The molecule has 36 heavy (non-hydrogen) atoms. The molecule has 1 amide bonds. The Balaban J connectivity index is 1.36. The number of halogens is 3. The van der Waals surface area contributed by atoms with Gasteiger partial charge in [-0.15, -0.1) is 0 Å². The SMILES string of the molecule is Cn1cc2c3cc(C(=O)NC4CC(O)C45CCOCC5)ccc3n(-c3ccc(C(F)(F)F)cc3)c2n1. The maximum Gasteiger partial charge on any atom is 0.416 e. The number of alkyl halides is 3. The normalized spacial score (nSPS) is 21.7. The van der Waals surface area contributed by atoms with E-state index in [-0.39, 0.29) is 17.4 Å². The number of carbonyl (C=O) groups excluding carboxylic acids is 1. The van der Waals surface area contributed by atoms with E-state index >= 15 is 0 Å². The minimum atomic E-state index is -4.42. The lowest BCUT2D eigenvalue weighted by Gasteiger charge is -2.55. The summed E-state index contributed by atoms with van der Waals surface area (Å²) in [4.78, 5) is 13.2. The summed E-state index contributed by atoms with van der Waals surface area (Å²) in [7, 11) is 1.77. The molecule has 2 fully saturated rings. The highest BCUT2D eigenvalue weighted by Gasteiger charge is 2.55. The topological polar surface area (TPSA) is 81.3 Å². The molecule has 1 aliphatic heterocycles. The molecule has 2 aromatic carbocycles. The lowest BCUT2D eigenvalue weighted by Crippen LogP contribution is -2.65. The molecule has 3 heterocycles. The van der Waals surface area contributed by atoms with Crippen LogP contribution in [0.1, 0.15) is 35.2 Å². The number of carbonyl (C=O) groups is 1. The van der Waals surface area contributed by atoms with Gasteiger partial charge in [0.2, 0.25) is 0 Å². The van der Waals surface area contributed by atoms with Crippen LogP contribution in [0.5, 0.6) is 0 Å². The zero-order valence-corrected chi connectivity index (χ0v) is 19.5. The van der Waals surface area contributed by atoms with Crippen LogP contribution >= 0.6 is 0 Å². The fourth-order valence-electron chi connectivity index (χ4n) is 5.74. The van der Waals surface area contributed by atoms with Gasteiger partial charge in [0.1, 0.15) is 0 Å². The number of hydrogen-bond donors (Lipinski definition) is 2. The van der Waals surface area contributed by atoms with Crippen LogP contribution in [0.4, 0.5) is 13.2 Å². The number of fused-ring (bicyclic) bond motifs is 3. The second-order valence-electron chi connectivity index (χ2n) is 9.78. The van der Waals surface area contributed by atoms with E-state index in [4.69, 9.17) is 4.74 Å². The van der Waals surface area contributed by atoms with Crippen LogP contribution in [-0.2, 0) is 18.0 Å². The van der Waals surface area contributed by atoms with E-state index in [1.165, 1.54) is 12.1 Å². The van der Waals surface area contributed by atoms with E-state index in [9.17, 15) is 23.1 Å². The Hall–Kier alpha value is -3.37. The fraction of sp³-hybridized carbons (Fsp3) is 0.385. The Kier molecular flexibility index (Phi) is 5.17. The predicted molar refractivity (Wildman–Crippen MR) is 127 cm³/mol. The maximum absolute atomic E-state index is 13.2. The fourth-order valence-corrected chi connectivity index (χ4v) is 5.74. The number of amides is 1. The van der Waals surface area contributed by atoms with Crippen molar-refractivity contribution in [2.24, 2.45) is 12.5 Å². The first kappa shape index (κ1) is 23.1. The van der Waals surface area contributed by atoms with Gasteiger partial charge in [0.25, 0.3) is 5.91 Å². The molecule has 1 saturated heterocycles. The Morgan fingerprint density at radius 3 is 2.53 bits per heavy atom. The van der Waals surface area contributed by atoms with Crippen molar-refractivity contribution >= 4 is 27.8 Å². The van der Waals surface area contributed by atoms with Crippen LogP contribution in [0.2, 0.25) is 0 Å². The van der Waals surface area contributed by atoms with Gasteiger partial charge in [-0.3, -0.25) is 14.0 Å². The van der Waals surface area contributed by atoms with Crippen LogP contribution < -0.4 is 5.32 Å². The van der Waals surface area contributed by atoms with Gasteiger partial charge in [-0.25, -0.2) is 0 Å². The van der Waals surface area contributed by atoms with Crippen molar-refractivity contribution in [3.63, 3.8) is 0 Å². The molecular weight excluding hydrogens is 473 g/mol. The molecule has 2 unspecified atom stereocenters. The van der Waals surface area contributed by atoms with Gasteiger partial charge in [0.05, 0.1) is 17.2 Å². The number of aliphatic hydroxyl groups excluding tert-OH is 1. The Morgan fingerprint density at radius 2 is 1.86 bits per heavy atom. The summed E-state index contributed by atoms with van der Waals surface area (Å²) in [6.07, 6.45) is -1.08. The minimum Gasteiger partial charge on any atom is -0.392 e. The number of benzene rings is 2. The number of rotatable bonds is 3. The van der Waals surface area contributed by atoms with Gasteiger partial charge in [-0.1, -0.05) is 0 Å². The zero-order chi connectivity index (χ0) is 25.2. The number of hydrogen-bond acceptors (Lipinski definition) is 4. The summed E-state index contributed by atoms with van der Waals surface area (Å²) in [6.45, 7) is 1.15. The van der Waals surface area contributed by atoms with Gasteiger partial charge < -0.3 is 15.2 Å². The third-order valence-electron chi connectivity index (χ3n) is 7.81. The van der Waals surface area contributed by atoms with Crippen molar-refractivity contribution in [1.82, 2.24) is 19.7 Å². The third-order valence-corrected chi connectivity index (χ3v) is 7.81. The predicted octanol–water partition coefficient (Wildman–Crippen LogP) is 4.20. The number of nitrogens with one attached hydrogen (secondary N) is 1. The van der Waals surface area contributed by atoms with Crippen molar-refractivity contribution in [1.29, 1.82) is 0 Å². The molecule has 1 aliphatic carbocycles. The van der Waals surface area contributed by atoms with Crippen molar-refractivity contribution < 1.29 is 27.8 Å². The molecule has 6 rings (SSSR count). The Morgan fingerprint density at radius 1 is 1.14 bits per heavy atom. The van der Waals surface area contributed by atoms with Crippen LogP contribution in [-0.4, -0.2) is 50.7 Å². The van der Waals surface area contributed by atoms with E-state index in [2.05, 4.69) is 10.4 Å². The lowest BCUT2D eigenvalue weighted by molar-refractivity contribution is -0.145. The molecule has 2 aliphatic rings. The average molecular weight is 499 g/mol. The van der Waals surface area contributed by atoms with E-state index < -0.39 is 17.8 Å². The number of aliphatic hydroxyl groups is 1. The van der Waals surface area contributed by atoms with Gasteiger partial charge in [0, 0.05) is 59.9 Å². The molecule has 7 nitrogen and oxygen atoms in total. The molecule has 2 aromatic heterocycles. The molecule has 0 bridgehead atoms. The van der Waals surface area contributed by atoms with E-state index in [0.29, 0.717) is 49.4 Å². The van der Waals surface area contributed by atoms with Crippen molar-refractivity contribution in [2.45, 2.75) is 37.6 Å². The van der Waals surface area contributed by atoms with Gasteiger partial charge in [-0.05, 0) is 61.7 Å². The van der Waals surface area contributed by atoms with E-state index in [1.807, 2.05) is 6.20 Å². The number of nitrogens with zero attached hydrogens (tertiary/aromatic N) is 3. The molecule has 1 spiro atoms. The first-order chi connectivity index (χ1) is 17.2. The van der Waals surface area contributed by atoms with Crippen molar-refractivity contribution in [3.8, 4) is 5.69 Å². The molecule has 2 N–H and O–H groups in total. The highest BCUT2D eigenvalue weighted by atomic mass is 19.4. The number of aryl methyl sites for hydroxylation is 1. The van der Waals surface area contributed by atoms with Crippen LogP contribution in [0.15, 0.2) is 48.7 Å². The molecule has 0 radical (unpaired) electrons. The first-order valence-electron chi connectivity index (χ1n) is 11.9. The summed E-state index contributed by atoms with van der Waals surface area (Å²) in [6, 6.07) is 10.1. The Bertz CT molecular complexity index is 1470. The summed E-state index contributed by atoms with van der Waals surface area (Å²) in [5.74, 6) is -0.223. The zero-order valence-electron chi connectivity index (χ0n) is 19.5. The highest BCUT2D eigenvalue weighted by molar-refractivity contribution is 6.10. The summed E-state index contributed by atoms with van der Waals surface area (Å²) in [5.41, 5.74) is 1.30. The molecule has 188 valence electrons. The average Bonchev–Trinajstić information content (AvgIpc) is 3.38. The van der Waals surface area contributed by atoms with E-state index in [1.54, 1.807) is 34.5 Å². The summed E-state index contributed by atoms with van der Waals surface area (Å²) >= 11 is 0. The summed E-state index contributed by atoms with van der Waals surface area (Å²) < 4.78 is 48.1. The smallest absolute Gasteiger partial charge is 0.392 e. The van der Waals surface area contributed by atoms with Crippen molar-refractivity contribution in [2.75, 3.05) is 13.2 Å². The minimum absolute atomic E-state index is 0.116. The highest BCUT2D eigenvalue weighted by Crippen LogP contribution is 2.49. The molecule has 4 aromatic rings. The third kappa shape index (κ3) is 3.50. The van der Waals surface area contributed by atoms with Crippen molar-refractivity contribution in [3.05, 3.63) is 59.8 Å². The standard InChI is InChI=1S/C26H25F3N4O3/c1-32-14-19-18-12-15(24(35)30-21-13-22(34)25(21)8-10-36-11-9-25)2-7-20(18)33(23(19)31-32)17-5-3-16(4-6-17)26(27,28)29/h2-7,12,14,21-22,34H,8-11,13H2,1H3,(H,30,35). The van der Waals surface area contributed by atoms with Gasteiger partial charge >= 0.3 is 6.18 Å². The number of ether oxygens (including phenoxy) is 1. The molecule has 1 saturated carbocycles. The summed E-state index contributed by atoms with van der Waals surface area (Å²) in [5, 5.41) is 19.6. The molecule has 2 atom stereocenters. The lowest BCUT2D eigenvalue weighted by atomic mass is 9.58.